The standard InChI is InChI=1S/C10H16N2O/c1-3-8-12(2)10(9(11)13)6-4-5-7-10/h1H,4-8H2,2H3,(H2,11,13). The summed E-state index contributed by atoms with van der Waals surface area (Å²) in [5.74, 6) is 2.31. The van der Waals surface area contributed by atoms with Gasteiger partial charge < -0.3 is 5.73 Å². The maximum atomic E-state index is 11.4. The average Bonchev–Trinajstić information content (AvgIpc) is 2.53. The summed E-state index contributed by atoms with van der Waals surface area (Å²) in [5.41, 5.74) is 4.95. The minimum Gasteiger partial charge on any atom is -0.368 e. The number of terminal acetylenes is 1. The second-order valence-electron chi connectivity index (χ2n) is 3.66. The van der Waals surface area contributed by atoms with Crippen molar-refractivity contribution in [3.8, 4) is 12.3 Å². The first-order valence-corrected chi connectivity index (χ1v) is 4.58. The molecule has 0 saturated heterocycles. The molecule has 0 aromatic rings. The molecule has 13 heavy (non-hydrogen) atoms. The first-order chi connectivity index (χ1) is 6.13. The molecule has 1 amide bonds. The number of hydrogen-bond donors (Lipinski definition) is 1. The van der Waals surface area contributed by atoms with Gasteiger partial charge in [-0.2, -0.15) is 0 Å². The van der Waals surface area contributed by atoms with E-state index in [4.69, 9.17) is 12.2 Å². The SMILES string of the molecule is C#CCN(C)C1(C(N)=O)CCCC1. The predicted molar refractivity (Wildman–Crippen MR) is 51.9 cm³/mol. The van der Waals surface area contributed by atoms with Crippen LogP contribution < -0.4 is 5.73 Å². The van der Waals surface area contributed by atoms with E-state index < -0.39 is 5.54 Å². The Kier molecular flexibility index (Phi) is 2.94. The van der Waals surface area contributed by atoms with Crippen LogP contribution in [0.3, 0.4) is 0 Å². The van der Waals surface area contributed by atoms with Gasteiger partial charge >= 0.3 is 0 Å². The number of likely N-dealkylation sites (N-methyl/N-ethyl adjacent to an activating group) is 1. The van der Waals surface area contributed by atoms with Crippen molar-refractivity contribution in [3.63, 3.8) is 0 Å². The molecule has 0 bridgehead atoms. The Labute approximate surface area is 79.3 Å². The van der Waals surface area contributed by atoms with Crippen LogP contribution in [0.25, 0.3) is 0 Å². The van der Waals surface area contributed by atoms with E-state index in [0.29, 0.717) is 6.54 Å². The van der Waals surface area contributed by atoms with E-state index in [0.717, 1.165) is 25.7 Å². The molecule has 72 valence electrons. The number of hydrogen-bond acceptors (Lipinski definition) is 2. The smallest absolute Gasteiger partial charge is 0.237 e. The number of nitrogens with two attached hydrogens (primary N) is 1. The van der Waals surface area contributed by atoms with Crippen molar-refractivity contribution in [1.29, 1.82) is 0 Å². The third-order valence-corrected chi connectivity index (χ3v) is 2.95. The molecule has 0 aromatic heterocycles. The Morgan fingerprint density at radius 3 is 2.54 bits per heavy atom. The van der Waals surface area contributed by atoms with Crippen LogP contribution in [0.2, 0.25) is 0 Å². The second kappa shape index (κ2) is 3.80. The lowest BCUT2D eigenvalue weighted by Gasteiger charge is -2.34. The van der Waals surface area contributed by atoms with Crippen LogP contribution in [0.15, 0.2) is 0 Å². The van der Waals surface area contributed by atoms with Gasteiger partial charge in [0.15, 0.2) is 0 Å². The van der Waals surface area contributed by atoms with Crippen molar-refractivity contribution in [2.45, 2.75) is 31.2 Å². The first-order valence-electron chi connectivity index (χ1n) is 4.58. The maximum absolute atomic E-state index is 11.4. The van der Waals surface area contributed by atoms with Crippen molar-refractivity contribution in [1.82, 2.24) is 4.90 Å². The van der Waals surface area contributed by atoms with Crippen LogP contribution in [-0.4, -0.2) is 29.9 Å². The topological polar surface area (TPSA) is 46.3 Å². The van der Waals surface area contributed by atoms with E-state index in [9.17, 15) is 4.79 Å². The first kappa shape index (κ1) is 10.1. The van der Waals surface area contributed by atoms with E-state index in [1.165, 1.54) is 0 Å². The quantitative estimate of drug-likeness (QED) is 0.637. The van der Waals surface area contributed by atoms with Gasteiger partial charge in [-0.25, -0.2) is 0 Å². The molecule has 1 aliphatic rings. The molecule has 3 nitrogen and oxygen atoms in total. The molecule has 0 spiro atoms. The van der Waals surface area contributed by atoms with Crippen molar-refractivity contribution >= 4 is 5.91 Å². The van der Waals surface area contributed by atoms with Crippen LogP contribution in [0, 0.1) is 12.3 Å². The number of rotatable bonds is 3. The highest BCUT2D eigenvalue weighted by molar-refractivity contribution is 5.85. The summed E-state index contributed by atoms with van der Waals surface area (Å²) in [5, 5.41) is 0. The predicted octanol–water partition coefficient (Wildman–Crippen LogP) is 0.349. The van der Waals surface area contributed by atoms with Crippen molar-refractivity contribution < 1.29 is 4.79 Å². The number of carbonyl (C=O) groups is 1. The Morgan fingerprint density at radius 1 is 1.62 bits per heavy atom. The minimum atomic E-state index is -0.466. The fourth-order valence-corrected chi connectivity index (χ4v) is 2.06. The lowest BCUT2D eigenvalue weighted by Crippen LogP contribution is -2.54. The van der Waals surface area contributed by atoms with Gasteiger partial charge in [-0.1, -0.05) is 18.8 Å². The molecule has 1 rings (SSSR count). The number of nitrogens with zero attached hydrogens (tertiary/aromatic N) is 1. The molecule has 1 fully saturated rings. The lowest BCUT2D eigenvalue weighted by molar-refractivity contribution is -0.128. The third kappa shape index (κ3) is 1.68. The molecule has 2 N–H and O–H groups in total. The van der Waals surface area contributed by atoms with Crippen LogP contribution in [0.5, 0.6) is 0 Å². The Bertz CT molecular complexity index is 236. The molecule has 1 aliphatic carbocycles. The molecule has 0 aromatic carbocycles. The average molecular weight is 180 g/mol. The zero-order valence-corrected chi connectivity index (χ0v) is 8.05. The van der Waals surface area contributed by atoms with E-state index >= 15 is 0 Å². The Balaban J connectivity index is 2.79. The minimum absolute atomic E-state index is 0.234. The van der Waals surface area contributed by atoms with Gasteiger partial charge in [-0.3, -0.25) is 9.69 Å². The molecule has 0 radical (unpaired) electrons. The summed E-state index contributed by atoms with van der Waals surface area (Å²) >= 11 is 0. The summed E-state index contributed by atoms with van der Waals surface area (Å²) in [6.45, 7) is 0.489. The lowest BCUT2D eigenvalue weighted by atomic mass is 9.95. The van der Waals surface area contributed by atoms with Gasteiger partial charge in [0.05, 0.1) is 6.54 Å². The molecule has 0 unspecified atom stereocenters. The highest BCUT2D eigenvalue weighted by Gasteiger charge is 2.42. The number of primary amides is 1. The normalized spacial score (nSPS) is 20.1. The van der Waals surface area contributed by atoms with Gasteiger partial charge in [-0.05, 0) is 19.9 Å². The summed E-state index contributed by atoms with van der Waals surface area (Å²) in [6.07, 6.45) is 9.04. The second-order valence-corrected chi connectivity index (χ2v) is 3.66. The molecule has 3 heteroatoms. The molecule has 0 heterocycles. The van der Waals surface area contributed by atoms with Gasteiger partial charge in [0.25, 0.3) is 0 Å². The van der Waals surface area contributed by atoms with Crippen LogP contribution in [-0.2, 0) is 4.79 Å². The Morgan fingerprint density at radius 2 is 2.15 bits per heavy atom. The fraction of sp³-hybridized carbons (Fsp3) is 0.700. The highest BCUT2D eigenvalue weighted by Crippen LogP contribution is 2.33. The van der Waals surface area contributed by atoms with Crippen LogP contribution in [0.4, 0.5) is 0 Å². The monoisotopic (exact) mass is 180 g/mol. The van der Waals surface area contributed by atoms with E-state index in [2.05, 4.69) is 5.92 Å². The van der Waals surface area contributed by atoms with Gasteiger partial charge in [0, 0.05) is 0 Å². The summed E-state index contributed by atoms with van der Waals surface area (Å²) in [6, 6.07) is 0. The van der Waals surface area contributed by atoms with Gasteiger partial charge in [-0.15, -0.1) is 6.42 Å². The van der Waals surface area contributed by atoms with Crippen LogP contribution in [0.1, 0.15) is 25.7 Å². The van der Waals surface area contributed by atoms with Gasteiger partial charge in [0.1, 0.15) is 5.54 Å². The van der Waals surface area contributed by atoms with Crippen molar-refractivity contribution in [2.75, 3.05) is 13.6 Å². The Hall–Kier alpha value is -1.01. The molecular weight excluding hydrogens is 164 g/mol. The highest BCUT2D eigenvalue weighted by atomic mass is 16.1. The molecule has 1 saturated carbocycles. The van der Waals surface area contributed by atoms with E-state index in [1.807, 2.05) is 11.9 Å². The van der Waals surface area contributed by atoms with Crippen LogP contribution >= 0.6 is 0 Å². The van der Waals surface area contributed by atoms with Gasteiger partial charge in [0.2, 0.25) is 5.91 Å². The van der Waals surface area contributed by atoms with E-state index in [1.54, 1.807) is 0 Å². The molecule has 0 aliphatic heterocycles. The molecular formula is C10H16N2O. The summed E-state index contributed by atoms with van der Waals surface area (Å²) in [7, 11) is 1.87. The zero-order chi connectivity index (χ0) is 9.90. The summed E-state index contributed by atoms with van der Waals surface area (Å²) in [4.78, 5) is 13.3. The zero-order valence-electron chi connectivity index (χ0n) is 8.05. The van der Waals surface area contributed by atoms with E-state index in [-0.39, 0.29) is 5.91 Å². The third-order valence-electron chi connectivity index (χ3n) is 2.95. The van der Waals surface area contributed by atoms with Crippen molar-refractivity contribution in [3.05, 3.63) is 0 Å². The number of amides is 1. The molecule has 0 atom stereocenters. The largest absolute Gasteiger partial charge is 0.368 e. The van der Waals surface area contributed by atoms with Crippen molar-refractivity contribution in [2.24, 2.45) is 5.73 Å². The number of carbonyl (C=O) groups excluding carboxylic acids is 1. The fourth-order valence-electron chi connectivity index (χ4n) is 2.06. The summed E-state index contributed by atoms with van der Waals surface area (Å²) < 4.78 is 0. The maximum Gasteiger partial charge on any atom is 0.237 e.